The van der Waals surface area contributed by atoms with Gasteiger partial charge in [0.25, 0.3) is 0 Å². The Morgan fingerprint density at radius 3 is 2.17 bits per heavy atom. The Bertz CT molecular complexity index is 171. The average Bonchev–Trinajstić information content (AvgIpc) is 2.30. The molecule has 0 aliphatic carbocycles. The summed E-state index contributed by atoms with van der Waals surface area (Å²) in [5.41, 5.74) is 0. The molecule has 0 saturated carbocycles. The Hall–Kier alpha value is -0.120. The van der Waals surface area contributed by atoms with Gasteiger partial charge in [-0.15, -0.1) is 0 Å². The second-order valence-electron chi connectivity index (χ2n) is 5.27. The van der Waals surface area contributed by atoms with Crippen LogP contribution >= 0.6 is 0 Å². The molecule has 0 amide bonds. The predicted molar refractivity (Wildman–Crippen MR) is 76.1 cm³/mol. The van der Waals surface area contributed by atoms with Crippen molar-refractivity contribution in [3.8, 4) is 0 Å². The van der Waals surface area contributed by atoms with Gasteiger partial charge in [-0.25, -0.2) is 0 Å². The molecule has 0 aromatic heterocycles. The Morgan fingerprint density at radius 1 is 0.833 bits per heavy atom. The molecule has 0 spiro atoms. The van der Waals surface area contributed by atoms with Crippen LogP contribution in [0.3, 0.4) is 0 Å². The standard InChI is InChI=1S/C15H32O3/c1-6-7-8-9-10-16-11-14(4)17-12-15(5)18-13(2)3/h13-15H,6-12H2,1-5H3. The number of unbranched alkanes of at least 4 members (excludes halogenated alkanes) is 3. The molecule has 2 atom stereocenters. The Morgan fingerprint density at radius 2 is 1.56 bits per heavy atom. The third kappa shape index (κ3) is 12.3. The topological polar surface area (TPSA) is 27.7 Å². The van der Waals surface area contributed by atoms with E-state index in [4.69, 9.17) is 14.2 Å². The van der Waals surface area contributed by atoms with Crippen LogP contribution in [0.5, 0.6) is 0 Å². The van der Waals surface area contributed by atoms with Crippen LogP contribution in [-0.2, 0) is 14.2 Å². The molecule has 0 rings (SSSR count). The van der Waals surface area contributed by atoms with E-state index in [1.165, 1.54) is 19.3 Å². The third-order valence-electron chi connectivity index (χ3n) is 2.61. The minimum atomic E-state index is 0.148. The van der Waals surface area contributed by atoms with E-state index in [1.807, 2.05) is 27.7 Å². The monoisotopic (exact) mass is 260 g/mol. The molecule has 0 aromatic carbocycles. The molecule has 2 unspecified atom stereocenters. The lowest BCUT2D eigenvalue weighted by Gasteiger charge is -2.19. The highest BCUT2D eigenvalue weighted by molar-refractivity contribution is 4.54. The summed E-state index contributed by atoms with van der Waals surface area (Å²) in [7, 11) is 0. The molecule has 0 bridgehead atoms. The van der Waals surface area contributed by atoms with Crippen LogP contribution in [0.2, 0.25) is 0 Å². The molecule has 3 nitrogen and oxygen atoms in total. The van der Waals surface area contributed by atoms with Gasteiger partial charge < -0.3 is 14.2 Å². The third-order valence-corrected chi connectivity index (χ3v) is 2.61. The van der Waals surface area contributed by atoms with Gasteiger partial charge in [0.1, 0.15) is 0 Å². The Kier molecular flexibility index (Phi) is 11.9. The Labute approximate surface area is 113 Å². The fourth-order valence-electron chi connectivity index (χ4n) is 1.73. The largest absolute Gasteiger partial charge is 0.379 e. The van der Waals surface area contributed by atoms with Crippen molar-refractivity contribution >= 4 is 0 Å². The molecule has 18 heavy (non-hydrogen) atoms. The number of hydrogen-bond donors (Lipinski definition) is 0. The van der Waals surface area contributed by atoms with Crippen molar-refractivity contribution in [2.75, 3.05) is 19.8 Å². The number of ether oxygens (including phenoxy) is 3. The molecule has 0 N–H and O–H groups in total. The fourth-order valence-corrected chi connectivity index (χ4v) is 1.73. The highest BCUT2D eigenvalue weighted by Gasteiger charge is 2.08. The predicted octanol–water partition coefficient (Wildman–Crippen LogP) is 3.80. The van der Waals surface area contributed by atoms with Gasteiger partial charge in [-0.2, -0.15) is 0 Å². The molecule has 0 fully saturated rings. The summed E-state index contributed by atoms with van der Waals surface area (Å²) in [5, 5.41) is 0. The van der Waals surface area contributed by atoms with E-state index in [9.17, 15) is 0 Å². The van der Waals surface area contributed by atoms with E-state index in [1.54, 1.807) is 0 Å². The molecule has 110 valence electrons. The van der Waals surface area contributed by atoms with Crippen molar-refractivity contribution in [1.82, 2.24) is 0 Å². The van der Waals surface area contributed by atoms with Crippen LogP contribution < -0.4 is 0 Å². The van der Waals surface area contributed by atoms with Crippen LogP contribution in [0.25, 0.3) is 0 Å². The minimum absolute atomic E-state index is 0.148. The van der Waals surface area contributed by atoms with Crippen LogP contribution in [0.15, 0.2) is 0 Å². The summed E-state index contributed by atoms with van der Waals surface area (Å²) in [6.07, 6.45) is 5.56. The first-order chi connectivity index (χ1) is 8.56. The lowest BCUT2D eigenvalue weighted by Crippen LogP contribution is -2.25. The molecular weight excluding hydrogens is 228 g/mol. The lowest BCUT2D eigenvalue weighted by molar-refractivity contribution is -0.0716. The molecular formula is C15H32O3. The zero-order valence-corrected chi connectivity index (χ0v) is 12.9. The van der Waals surface area contributed by atoms with Gasteiger partial charge in [-0.05, 0) is 34.1 Å². The van der Waals surface area contributed by atoms with Gasteiger partial charge in [-0.3, -0.25) is 0 Å². The van der Waals surface area contributed by atoms with E-state index in [2.05, 4.69) is 6.92 Å². The van der Waals surface area contributed by atoms with E-state index in [0.29, 0.717) is 13.2 Å². The van der Waals surface area contributed by atoms with Crippen molar-refractivity contribution in [2.24, 2.45) is 0 Å². The molecule has 0 saturated heterocycles. The van der Waals surface area contributed by atoms with Crippen LogP contribution in [0.1, 0.15) is 60.3 Å². The van der Waals surface area contributed by atoms with Gasteiger partial charge in [0.05, 0.1) is 31.5 Å². The maximum absolute atomic E-state index is 5.68. The molecule has 0 radical (unpaired) electrons. The van der Waals surface area contributed by atoms with E-state index >= 15 is 0 Å². The molecule has 0 aliphatic heterocycles. The number of rotatable bonds is 12. The summed E-state index contributed by atoms with van der Waals surface area (Å²) in [6, 6.07) is 0. The van der Waals surface area contributed by atoms with E-state index in [-0.39, 0.29) is 18.3 Å². The normalized spacial score (nSPS) is 15.0. The molecule has 3 heteroatoms. The van der Waals surface area contributed by atoms with E-state index < -0.39 is 0 Å². The second-order valence-corrected chi connectivity index (χ2v) is 5.27. The smallest absolute Gasteiger partial charge is 0.0784 e. The maximum atomic E-state index is 5.68. The van der Waals surface area contributed by atoms with Crippen molar-refractivity contribution in [3.05, 3.63) is 0 Å². The first-order valence-electron chi connectivity index (χ1n) is 7.41. The van der Waals surface area contributed by atoms with Gasteiger partial charge in [0.2, 0.25) is 0 Å². The summed E-state index contributed by atoms with van der Waals surface area (Å²) in [4.78, 5) is 0. The van der Waals surface area contributed by atoms with Gasteiger partial charge >= 0.3 is 0 Å². The first kappa shape index (κ1) is 17.9. The van der Waals surface area contributed by atoms with Gasteiger partial charge in [0.15, 0.2) is 0 Å². The van der Waals surface area contributed by atoms with Gasteiger partial charge in [0, 0.05) is 6.61 Å². The lowest BCUT2D eigenvalue weighted by atomic mass is 10.2. The zero-order valence-electron chi connectivity index (χ0n) is 12.9. The first-order valence-corrected chi connectivity index (χ1v) is 7.41. The number of hydrogen-bond acceptors (Lipinski definition) is 3. The van der Waals surface area contributed by atoms with Crippen LogP contribution in [0.4, 0.5) is 0 Å². The SMILES string of the molecule is CCCCCCOCC(C)OCC(C)OC(C)C. The fraction of sp³-hybridized carbons (Fsp3) is 1.00. The summed E-state index contributed by atoms with van der Waals surface area (Å²) >= 11 is 0. The van der Waals surface area contributed by atoms with E-state index in [0.717, 1.165) is 13.0 Å². The van der Waals surface area contributed by atoms with Crippen molar-refractivity contribution in [3.63, 3.8) is 0 Å². The minimum Gasteiger partial charge on any atom is -0.379 e. The molecule has 0 aromatic rings. The van der Waals surface area contributed by atoms with Crippen molar-refractivity contribution in [2.45, 2.75) is 78.6 Å². The molecule has 0 heterocycles. The van der Waals surface area contributed by atoms with Gasteiger partial charge in [-0.1, -0.05) is 26.2 Å². The highest BCUT2D eigenvalue weighted by Crippen LogP contribution is 2.02. The summed E-state index contributed by atoms with van der Waals surface area (Å²) < 4.78 is 16.9. The highest BCUT2D eigenvalue weighted by atomic mass is 16.6. The van der Waals surface area contributed by atoms with Crippen molar-refractivity contribution < 1.29 is 14.2 Å². The summed E-state index contributed by atoms with van der Waals surface area (Å²) in [5.74, 6) is 0. The maximum Gasteiger partial charge on any atom is 0.0784 e. The van der Waals surface area contributed by atoms with Crippen LogP contribution in [-0.4, -0.2) is 38.1 Å². The molecule has 0 aliphatic rings. The Balaban J connectivity index is 3.34. The second kappa shape index (κ2) is 11.9. The zero-order chi connectivity index (χ0) is 13.8. The van der Waals surface area contributed by atoms with Crippen molar-refractivity contribution in [1.29, 1.82) is 0 Å². The van der Waals surface area contributed by atoms with Crippen LogP contribution in [0, 0.1) is 0 Å². The summed E-state index contributed by atoms with van der Waals surface area (Å²) in [6.45, 7) is 12.6. The quantitative estimate of drug-likeness (QED) is 0.499. The average molecular weight is 260 g/mol.